The number of nitrogens with zero attached hydrogens (tertiary/aromatic N) is 2. The lowest BCUT2D eigenvalue weighted by atomic mass is 10.0. The van der Waals surface area contributed by atoms with Crippen LogP contribution in [0.5, 0.6) is 0 Å². The fourth-order valence-corrected chi connectivity index (χ4v) is 3.86. The van der Waals surface area contributed by atoms with Gasteiger partial charge in [0.25, 0.3) is 0 Å². The van der Waals surface area contributed by atoms with Gasteiger partial charge in [-0.1, -0.05) is 0 Å². The zero-order chi connectivity index (χ0) is 12.3. The van der Waals surface area contributed by atoms with Crippen LogP contribution in [0, 0.1) is 6.92 Å². The number of aromatic nitrogens is 2. The second kappa shape index (κ2) is 5.89. The molecule has 3 N–H and O–H groups in total. The van der Waals surface area contributed by atoms with Gasteiger partial charge in [-0.15, -0.1) is 0 Å². The van der Waals surface area contributed by atoms with Crippen molar-refractivity contribution in [2.24, 2.45) is 5.84 Å². The van der Waals surface area contributed by atoms with Crippen LogP contribution in [0.15, 0.2) is 6.07 Å². The Bertz CT molecular complexity index is 357. The van der Waals surface area contributed by atoms with E-state index in [-0.39, 0.29) is 0 Å². The van der Waals surface area contributed by atoms with Crippen LogP contribution in [0.25, 0.3) is 0 Å². The first kappa shape index (κ1) is 12.9. The first-order chi connectivity index (χ1) is 8.24. The molecule has 17 heavy (non-hydrogen) atoms. The number of rotatable bonds is 5. The largest absolute Gasteiger partial charge is 0.271 e. The van der Waals surface area contributed by atoms with Gasteiger partial charge in [0.05, 0.1) is 5.69 Å². The van der Waals surface area contributed by atoms with E-state index in [1.54, 1.807) is 0 Å². The molecule has 0 amide bonds. The summed E-state index contributed by atoms with van der Waals surface area (Å²) in [5.74, 6) is 6.98. The van der Waals surface area contributed by atoms with Gasteiger partial charge in [0.1, 0.15) is 0 Å². The standard InChI is InChI=1S/C12H22N4S/c1-3-16-10(7-9(2)15-16)8-11(14-13)12-5-4-6-17-12/h7,11-12,14H,3-6,8,13H2,1-2H3. The highest BCUT2D eigenvalue weighted by atomic mass is 32.2. The number of nitrogens with two attached hydrogens (primary N) is 1. The zero-order valence-electron chi connectivity index (χ0n) is 10.6. The predicted molar refractivity (Wildman–Crippen MR) is 72.9 cm³/mol. The molecule has 5 heteroatoms. The molecule has 2 heterocycles. The molecule has 96 valence electrons. The Kier molecular flexibility index (Phi) is 4.48. The van der Waals surface area contributed by atoms with E-state index < -0.39 is 0 Å². The molecule has 0 saturated carbocycles. The van der Waals surface area contributed by atoms with Gasteiger partial charge in [0, 0.05) is 30.0 Å². The van der Waals surface area contributed by atoms with Crippen molar-refractivity contribution < 1.29 is 0 Å². The summed E-state index contributed by atoms with van der Waals surface area (Å²) in [6.07, 6.45) is 3.57. The summed E-state index contributed by atoms with van der Waals surface area (Å²) >= 11 is 2.04. The van der Waals surface area contributed by atoms with Crippen LogP contribution in [0.3, 0.4) is 0 Å². The number of nitrogens with one attached hydrogen (secondary N) is 1. The first-order valence-corrected chi connectivity index (χ1v) is 7.40. The van der Waals surface area contributed by atoms with Crippen molar-refractivity contribution in [1.82, 2.24) is 15.2 Å². The lowest BCUT2D eigenvalue weighted by Gasteiger charge is -2.22. The smallest absolute Gasteiger partial charge is 0.0596 e. The molecule has 0 bridgehead atoms. The summed E-state index contributed by atoms with van der Waals surface area (Å²) in [6, 6.07) is 2.54. The molecule has 1 aromatic rings. The molecule has 0 aromatic carbocycles. The van der Waals surface area contributed by atoms with E-state index in [0.717, 1.165) is 18.7 Å². The molecule has 2 unspecified atom stereocenters. The summed E-state index contributed by atoms with van der Waals surface area (Å²) in [7, 11) is 0. The second-order valence-corrected chi connectivity index (χ2v) is 5.97. The maximum atomic E-state index is 5.71. The van der Waals surface area contributed by atoms with Crippen molar-refractivity contribution in [3.63, 3.8) is 0 Å². The molecule has 0 aliphatic carbocycles. The monoisotopic (exact) mass is 254 g/mol. The van der Waals surface area contributed by atoms with Crippen LogP contribution in [0.4, 0.5) is 0 Å². The lowest BCUT2D eigenvalue weighted by molar-refractivity contribution is 0.475. The van der Waals surface area contributed by atoms with Crippen LogP contribution in [-0.4, -0.2) is 26.8 Å². The minimum absolute atomic E-state index is 0.365. The molecule has 2 atom stereocenters. The van der Waals surface area contributed by atoms with Crippen molar-refractivity contribution in [2.45, 2.75) is 50.9 Å². The maximum Gasteiger partial charge on any atom is 0.0596 e. The zero-order valence-corrected chi connectivity index (χ0v) is 11.5. The van der Waals surface area contributed by atoms with Crippen molar-refractivity contribution in [3.05, 3.63) is 17.5 Å². The highest BCUT2D eigenvalue weighted by Gasteiger charge is 2.25. The Morgan fingerprint density at radius 3 is 3.12 bits per heavy atom. The average molecular weight is 254 g/mol. The molecule has 1 saturated heterocycles. The summed E-state index contributed by atoms with van der Waals surface area (Å²) in [4.78, 5) is 0. The number of thioether (sulfide) groups is 1. The molecular weight excluding hydrogens is 232 g/mol. The van der Waals surface area contributed by atoms with Gasteiger partial charge in [-0.2, -0.15) is 16.9 Å². The molecular formula is C12H22N4S. The van der Waals surface area contributed by atoms with Crippen LogP contribution in [0.1, 0.15) is 31.2 Å². The summed E-state index contributed by atoms with van der Waals surface area (Å²) in [5.41, 5.74) is 5.38. The molecule has 2 rings (SSSR count). The van der Waals surface area contributed by atoms with E-state index in [1.165, 1.54) is 24.3 Å². The van der Waals surface area contributed by atoms with Crippen LogP contribution >= 0.6 is 11.8 Å². The van der Waals surface area contributed by atoms with Gasteiger partial charge in [0.15, 0.2) is 0 Å². The van der Waals surface area contributed by atoms with Crippen LogP contribution < -0.4 is 11.3 Å². The predicted octanol–water partition coefficient (Wildman–Crippen LogP) is 1.48. The van der Waals surface area contributed by atoms with Gasteiger partial charge in [-0.05, 0) is 38.5 Å². The maximum absolute atomic E-state index is 5.71. The average Bonchev–Trinajstić information content (AvgIpc) is 2.94. The van der Waals surface area contributed by atoms with Crippen LogP contribution in [0.2, 0.25) is 0 Å². The Hall–Kier alpha value is -0.520. The number of hydrogen-bond acceptors (Lipinski definition) is 4. The van der Waals surface area contributed by atoms with Gasteiger partial charge in [-0.3, -0.25) is 16.0 Å². The lowest BCUT2D eigenvalue weighted by Crippen LogP contribution is -2.43. The molecule has 1 aliphatic rings. The van der Waals surface area contributed by atoms with E-state index in [9.17, 15) is 0 Å². The first-order valence-electron chi connectivity index (χ1n) is 6.35. The highest BCUT2D eigenvalue weighted by molar-refractivity contribution is 8.00. The van der Waals surface area contributed by atoms with Gasteiger partial charge in [0.2, 0.25) is 0 Å². The number of hydrogen-bond donors (Lipinski definition) is 2. The summed E-state index contributed by atoms with van der Waals surface area (Å²) in [5, 5.41) is 5.14. The third-order valence-electron chi connectivity index (χ3n) is 3.34. The van der Waals surface area contributed by atoms with E-state index >= 15 is 0 Å². The Morgan fingerprint density at radius 1 is 1.71 bits per heavy atom. The summed E-state index contributed by atoms with van der Waals surface area (Å²) in [6.45, 7) is 5.11. The van der Waals surface area contributed by atoms with Crippen molar-refractivity contribution in [3.8, 4) is 0 Å². The Labute approximate surface area is 107 Å². The molecule has 0 spiro atoms. The minimum Gasteiger partial charge on any atom is -0.271 e. The quantitative estimate of drug-likeness (QED) is 0.617. The Morgan fingerprint density at radius 2 is 2.53 bits per heavy atom. The third-order valence-corrected chi connectivity index (χ3v) is 4.86. The highest BCUT2D eigenvalue weighted by Crippen LogP contribution is 2.29. The van der Waals surface area contributed by atoms with Gasteiger partial charge in [-0.25, -0.2) is 0 Å². The normalized spacial score (nSPS) is 21.9. The van der Waals surface area contributed by atoms with Crippen LogP contribution in [-0.2, 0) is 13.0 Å². The minimum atomic E-state index is 0.365. The third kappa shape index (κ3) is 3.03. The van der Waals surface area contributed by atoms with E-state index in [4.69, 9.17) is 5.84 Å². The van der Waals surface area contributed by atoms with E-state index in [0.29, 0.717) is 11.3 Å². The van der Waals surface area contributed by atoms with Gasteiger partial charge < -0.3 is 0 Å². The van der Waals surface area contributed by atoms with Crippen molar-refractivity contribution in [1.29, 1.82) is 0 Å². The van der Waals surface area contributed by atoms with Gasteiger partial charge >= 0.3 is 0 Å². The van der Waals surface area contributed by atoms with Crippen molar-refractivity contribution >= 4 is 11.8 Å². The topological polar surface area (TPSA) is 55.9 Å². The number of aryl methyl sites for hydroxylation is 2. The van der Waals surface area contributed by atoms with E-state index in [2.05, 4.69) is 28.2 Å². The molecule has 1 fully saturated rings. The fraction of sp³-hybridized carbons (Fsp3) is 0.750. The molecule has 0 radical (unpaired) electrons. The Balaban J connectivity index is 2.06. The molecule has 1 aliphatic heterocycles. The number of hydrazine groups is 1. The fourth-order valence-electron chi connectivity index (χ4n) is 2.48. The van der Waals surface area contributed by atoms with E-state index in [1.807, 2.05) is 18.7 Å². The SMILES string of the molecule is CCn1nc(C)cc1CC(NN)C1CCCS1. The molecule has 4 nitrogen and oxygen atoms in total. The molecule has 1 aromatic heterocycles. The summed E-state index contributed by atoms with van der Waals surface area (Å²) < 4.78 is 2.08. The van der Waals surface area contributed by atoms with Crippen molar-refractivity contribution in [2.75, 3.05) is 5.75 Å². The second-order valence-electron chi connectivity index (χ2n) is 4.62.